The third kappa shape index (κ3) is 4.11. The summed E-state index contributed by atoms with van der Waals surface area (Å²) >= 11 is 6.01. The second-order valence-electron chi connectivity index (χ2n) is 5.18. The van der Waals surface area contributed by atoms with E-state index in [1.807, 2.05) is 0 Å². The fraction of sp³-hybridized carbons (Fsp3) is 0.538. The Balaban J connectivity index is 2.12. The monoisotopic (exact) mass is 341 g/mol. The fourth-order valence-electron chi connectivity index (χ4n) is 2.50. The van der Waals surface area contributed by atoms with Crippen LogP contribution in [-0.4, -0.2) is 20.3 Å². The Labute approximate surface area is 126 Å². The van der Waals surface area contributed by atoms with Crippen LogP contribution in [0.4, 0.5) is 13.2 Å². The van der Waals surface area contributed by atoms with Gasteiger partial charge in [-0.2, -0.15) is 0 Å². The number of sulfonamides is 1. The van der Waals surface area contributed by atoms with Gasteiger partial charge in [0.15, 0.2) is 4.90 Å². The molecule has 0 heterocycles. The predicted octanol–water partition coefficient (Wildman–Crippen LogP) is 3.18. The number of hydrogen-bond acceptors (Lipinski definition) is 2. The van der Waals surface area contributed by atoms with Gasteiger partial charge in [-0.25, -0.2) is 26.3 Å². The summed E-state index contributed by atoms with van der Waals surface area (Å²) in [5, 5.41) is -0.00690. The Morgan fingerprint density at radius 3 is 2.38 bits per heavy atom. The second kappa shape index (κ2) is 6.54. The highest BCUT2D eigenvalue weighted by Gasteiger charge is 2.27. The fourth-order valence-corrected chi connectivity index (χ4v) is 4.13. The maximum atomic E-state index is 13.5. The van der Waals surface area contributed by atoms with E-state index in [0.717, 1.165) is 19.3 Å². The van der Waals surface area contributed by atoms with E-state index in [-0.39, 0.29) is 17.8 Å². The lowest BCUT2D eigenvalue weighted by Gasteiger charge is -2.25. The lowest BCUT2D eigenvalue weighted by Crippen LogP contribution is -2.33. The quantitative estimate of drug-likeness (QED) is 0.855. The smallest absolute Gasteiger partial charge is 0.211 e. The molecule has 2 atom stereocenters. The number of hydrogen-bond donors (Lipinski definition) is 1. The molecule has 0 radical (unpaired) electrons. The van der Waals surface area contributed by atoms with E-state index in [2.05, 4.69) is 4.72 Å². The summed E-state index contributed by atoms with van der Waals surface area (Å²) in [7, 11) is -4.36. The molecule has 0 aliphatic heterocycles. The first-order valence-corrected chi connectivity index (χ1v) is 8.50. The molecule has 21 heavy (non-hydrogen) atoms. The van der Waals surface area contributed by atoms with Crippen molar-refractivity contribution < 1.29 is 21.6 Å². The summed E-state index contributed by atoms with van der Waals surface area (Å²) < 4.78 is 65.9. The summed E-state index contributed by atoms with van der Waals surface area (Å²) in [6.07, 6.45) is 3.23. The normalized spacial score (nSPS) is 23.2. The minimum absolute atomic E-state index is 0.00690. The van der Waals surface area contributed by atoms with Crippen LogP contribution < -0.4 is 4.72 Å². The van der Waals surface area contributed by atoms with Gasteiger partial charge in [-0.05, 0) is 25.2 Å². The van der Waals surface area contributed by atoms with Crippen molar-refractivity contribution in [2.75, 3.05) is 6.54 Å². The van der Waals surface area contributed by atoms with Crippen molar-refractivity contribution in [2.24, 2.45) is 5.92 Å². The van der Waals surface area contributed by atoms with Crippen molar-refractivity contribution in [1.29, 1.82) is 0 Å². The maximum Gasteiger partial charge on any atom is 0.246 e. The Bertz CT molecular complexity index is 601. The van der Waals surface area contributed by atoms with Gasteiger partial charge in [0.2, 0.25) is 10.0 Å². The summed E-state index contributed by atoms with van der Waals surface area (Å²) in [6, 6.07) is 0.681. The van der Waals surface area contributed by atoms with Crippen molar-refractivity contribution in [1.82, 2.24) is 4.72 Å². The van der Waals surface area contributed by atoms with E-state index in [1.54, 1.807) is 0 Å². The molecule has 0 bridgehead atoms. The lowest BCUT2D eigenvalue weighted by atomic mass is 9.89. The van der Waals surface area contributed by atoms with Crippen molar-refractivity contribution in [3.05, 3.63) is 29.6 Å². The van der Waals surface area contributed by atoms with E-state index < -0.39 is 32.4 Å². The van der Waals surface area contributed by atoms with Gasteiger partial charge < -0.3 is 0 Å². The highest BCUT2D eigenvalue weighted by molar-refractivity contribution is 7.89. The average Bonchev–Trinajstić information content (AvgIpc) is 2.35. The Kier molecular flexibility index (Phi) is 5.16. The van der Waals surface area contributed by atoms with Crippen molar-refractivity contribution in [3.63, 3.8) is 0 Å². The molecule has 3 nitrogen and oxygen atoms in total. The van der Waals surface area contributed by atoms with Crippen molar-refractivity contribution in [2.45, 2.75) is 36.0 Å². The number of benzene rings is 1. The summed E-state index contributed by atoms with van der Waals surface area (Å²) in [4.78, 5) is -1.15. The van der Waals surface area contributed by atoms with Crippen LogP contribution in [0.15, 0.2) is 17.0 Å². The van der Waals surface area contributed by atoms with Crippen LogP contribution in [0, 0.1) is 23.4 Å². The predicted molar refractivity (Wildman–Crippen MR) is 73.1 cm³/mol. The standard InChI is InChI=1S/C13H15ClF3NO2S/c14-9-3-1-2-8(4-9)7-18-21(19,20)13-11(16)5-10(15)6-12(13)17/h5-6,8-9,18H,1-4,7H2. The molecule has 2 unspecified atom stereocenters. The summed E-state index contributed by atoms with van der Waals surface area (Å²) in [6.45, 7) is 0.0574. The number of rotatable bonds is 4. The molecular formula is C13H15ClF3NO2S. The van der Waals surface area contributed by atoms with Crippen LogP contribution in [0.2, 0.25) is 0 Å². The van der Waals surface area contributed by atoms with Crippen LogP contribution in [-0.2, 0) is 10.0 Å². The molecule has 1 fully saturated rings. The molecule has 0 saturated heterocycles. The van der Waals surface area contributed by atoms with Gasteiger partial charge in [0.25, 0.3) is 0 Å². The van der Waals surface area contributed by atoms with Crippen molar-refractivity contribution in [3.8, 4) is 0 Å². The van der Waals surface area contributed by atoms with E-state index in [9.17, 15) is 21.6 Å². The summed E-state index contributed by atoms with van der Waals surface area (Å²) in [5.74, 6) is -4.03. The molecule has 1 saturated carbocycles. The first-order chi connectivity index (χ1) is 9.79. The van der Waals surface area contributed by atoms with E-state index in [1.165, 1.54) is 0 Å². The molecule has 1 aliphatic carbocycles. The minimum Gasteiger partial charge on any atom is -0.211 e. The van der Waals surface area contributed by atoms with E-state index in [0.29, 0.717) is 18.6 Å². The molecule has 1 aromatic rings. The van der Waals surface area contributed by atoms with Crippen LogP contribution in [0.3, 0.4) is 0 Å². The van der Waals surface area contributed by atoms with Crippen molar-refractivity contribution >= 4 is 21.6 Å². The first kappa shape index (κ1) is 16.6. The zero-order valence-corrected chi connectivity index (χ0v) is 12.7. The number of alkyl halides is 1. The molecule has 1 aromatic carbocycles. The van der Waals surface area contributed by atoms with Crippen LogP contribution in [0.25, 0.3) is 0 Å². The Morgan fingerprint density at radius 2 is 1.81 bits per heavy atom. The van der Waals surface area contributed by atoms with Gasteiger partial charge in [0.1, 0.15) is 17.5 Å². The Hall–Kier alpha value is -0.790. The van der Waals surface area contributed by atoms with Gasteiger partial charge in [-0.15, -0.1) is 11.6 Å². The zero-order chi connectivity index (χ0) is 15.6. The van der Waals surface area contributed by atoms with Gasteiger partial charge in [0.05, 0.1) is 0 Å². The van der Waals surface area contributed by atoms with Gasteiger partial charge in [-0.1, -0.05) is 6.42 Å². The number of halogens is 4. The molecule has 1 N–H and O–H groups in total. The van der Waals surface area contributed by atoms with E-state index >= 15 is 0 Å². The molecule has 1 aliphatic rings. The summed E-state index contributed by atoms with van der Waals surface area (Å²) in [5.41, 5.74) is 0. The molecule has 0 aromatic heterocycles. The van der Waals surface area contributed by atoms with Crippen LogP contribution in [0.1, 0.15) is 25.7 Å². The minimum atomic E-state index is -4.36. The van der Waals surface area contributed by atoms with Gasteiger partial charge in [0, 0.05) is 24.1 Å². The highest BCUT2D eigenvalue weighted by atomic mass is 35.5. The second-order valence-corrected chi connectivity index (χ2v) is 7.50. The Morgan fingerprint density at radius 1 is 1.19 bits per heavy atom. The maximum absolute atomic E-state index is 13.5. The van der Waals surface area contributed by atoms with E-state index in [4.69, 9.17) is 11.6 Å². The SMILES string of the molecule is O=S(=O)(NCC1CCCC(Cl)C1)c1c(F)cc(F)cc1F. The average molecular weight is 342 g/mol. The first-order valence-electron chi connectivity index (χ1n) is 6.58. The molecular weight excluding hydrogens is 327 g/mol. The topological polar surface area (TPSA) is 46.2 Å². The largest absolute Gasteiger partial charge is 0.246 e. The zero-order valence-electron chi connectivity index (χ0n) is 11.1. The third-order valence-electron chi connectivity index (χ3n) is 3.51. The molecule has 118 valence electrons. The lowest BCUT2D eigenvalue weighted by molar-refractivity contribution is 0.361. The van der Waals surface area contributed by atoms with Crippen LogP contribution in [0.5, 0.6) is 0 Å². The molecule has 0 spiro atoms. The molecule has 2 rings (SSSR count). The van der Waals surface area contributed by atoms with Crippen LogP contribution >= 0.6 is 11.6 Å². The van der Waals surface area contributed by atoms with Gasteiger partial charge in [-0.3, -0.25) is 0 Å². The molecule has 0 amide bonds. The molecule has 8 heteroatoms. The highest BCUT2D eigenvalue weighted by Crippen LogP contribution is 2.28. The van der Waals surface area contributed by atoms with Gasteiger partial charge >= 0.3 is 0 Å². The third-order valence-corrected chi connectivity index (χ3v) is 5.38. The number of nitrogens with one attached hydrogen (secondary N) is 1.